The molecule has 0 saturated heterocycles. The van der Waals surface area contributed by atoms with Crippen LogP contribution < -0.4 is 5.32 Å². The van der Waals surface area contributed by atoms with Gasteiger partial charge in [-0.2, -0.15) is 0 Å². The Morgan fingerprint density at radius 2 is 2.15 bits per heavy atom. The van der Waals surface area contributed by atoms with Crippen molar-refractivity contribution in [3.8, 4) is 0 Å². The molecule has 0 radical (unpaired) electrons. The summed E-state index contributed by atoms with van der Waals surface area (Å²) in [6.45, 7) is 2.94. The van der Waals surface area contributed by atoms with E-state index < -0.39 is 0 Å². The zero-order valence-corrected chi connectivity index (χ0v) is 8.40. The van der Waals surface area contributed by atoms with Crippen LogP contribution in [0.25, 0.3) is 0 Å². The highest BCUT2D eigenvalue weighted by molar-refractivity contribution is 5.97. The minimum atomic E-state index is 0. The van der Waals surface area contributed by atoms with E-state index in [4.69, 9.17) is 0 Å². The number of hydrogen-bond donors (Lipinski definition) is 1. The highest BCUT2D eigenvalue weighted by Gasteiger charge is 2.07. The van der Waals surface area contributed by atoms with E-state index in [2.05, 4.69) is 29.4 Å². The minimum absolute atomic E-state index is 0. The van der Waals surface area contributed by atoms with Gasteiger partial charge in [-0.3, -0.25) is 4.99 Å². The quantitative estimate of drug-likeness (QED) is 0.734. The smallest absolute Gasteiger partial charge is 0.101 e. The largest absolute Gasteiger partial charge is 0.344 e. The highest BCUT2D eigenvalue weighted by Crippen LogP contribution is 2.19. The minimum Gasteiger partial charge on any atom is -0.344 e. The number of para-hydroxylation sites is 1. The van der Waals surface area contributed by atoms with Crippen molar-refractivity contribution in [1.82, 2.24) is 0 Å². The van der Waals surface area contributed by atoms with E-state index in [1.54, 1.807) is 0 Å². The maximum absolute atomic E-state index is 4.39. The van der Waals surface area contributed by atoms with E-state index in [0.29, 0.717) is 0 Å². The van der Waals surface area contributed by atoms with Crippen LogP contribution in [0.5, 0.6) is 0 Å². The number of hydrogen-bond acceptors (Lipinski definition) is 2. The van der Waals surface area contributed by atoms with E-state index in [-0.39, 0.29) is 12.4 Å². The molecule has 2 rings (SSSR count). The topological polar surface area (TPSA) is 24.4 Å². The van der Waals surface area contributed by atoms with Crippen LogP contribution in [0.15, 0.2) is 29.3 Å². The monoisotopic (exact) mass is 196 g/mol. The number of amidine groups is 1. The van der Waals surface area contributed by atoms with Gasteiger partial charge in [0.15, 0.2) is 0 Å². The number of benzene rings is 1. The predicted molar refractivity (Wildman–Crippen MR) is 58.7 cm³/mol. The van der Waals surface area contributed by atoms with Crippen molar-refractivity contribution in [2.75, 3.05) is 5.32 Å². The molecule has 0 unspecified atom stereocenters. The van der Waals surface area contributed by atoms with Crippen molar-refractivity contribution in [2.45, 2.75) is 19.9 Å². The number of anilines is 1. The first-order valence-electron chi connectivity index (χ1n) is 4.28. The summed E-state index contributed by atoms with van der Waals surface area (Å²) in [7, 11) is 0. The second kappa shape index (κ2) is 4.28. The van der Waals surface area contributed by atoms with E-state index >= 15 is 0 Å². The van der Waals surface area contributed by atoms with Crippen LogP contribution >= 0.6 is 12.4 Å². The van der Waals surface area contributed by atoms with Gasteiger partial charge in [0, 0.05) is 12.1 Å². The molecule has 1 N–H and O–H groups in total. The van der Waals surface area contributed by atoms with Crippen molar-refractivity contribution < 1.29 is 0 Å². The van der Waals surface area contributed by atoms with E-state index in [1.807, 2.05) is 12.1 Å². The molecule has 0 aliphatic carbocycles. The number of halogens is 1. The fraction of sp³-hybridized carbons (Fsp3) is 0.300. The Labute approximate surface area is 84.5 Å². The number of nitrogens with one attached hydrogen (secondary N) is 1. The van der Waals surface area contributed by atoms with Gasteiger partial charge in [-0.05, 0) is 11.6 Å². The first-order valence-corrected chi connectivity index (χ1v) is 4.28. The first kappa shape index (κ1) is 10.1. The lowest BCUT2D eigenvalue weighted by atomic mass is 10.1. The van der Waals surface area contributed by atoms with Crippen molar-refractivity contribution in [3.05, 3.63) is 29.8 Å². The molecular weight excluding hydrogens is 184 g/mol. The van der Waals surface area contributed by atoms with Crippen LogP contribution in [0.1, 0.15) is 18.9 Å². The molecule has 1 aromatic carbocycles. The van der Waals surface area contributed by atoms with Gasteiger partial charge in [0.2, 0.25) is 0 Å². The normalized spacial score (nSPS) is 13.5. The molecule has 0 saturated carbocycles. The maximum atomic E-state index is 4.39. The molecule has 2 nitrogen and oxygen atoms in total. The summed E-state index contributed by atoms with van der Waals surface area (Å²) in [6, 6.07) is 8.30. The highest BCUT2D eigenvalue weighted by atomic mass is 35.5. The summed E-state index contributed by atoms with van der Waals surface area (Å²) in [5, 5.41) is 3.30. The predicted octanol–water partition coefficient (Wildman–Crippen LogP) is 2.84. The van der Waals surface area contributed by atoms with Gasteiger partial charge < -0.3 is 5.32 Å². The molecule has 3 heteroatoms. The van der Waals surface area contributed by atoms with Crippen LogP contribution in [-0.2, 0) is 6.54 Å². The lowest BCUT2D eigenvalue weighted by molar-refractivity contribution is 1.02. The zero-order chi connectivity index (χ0) is 8.39. The van der Waals surface area contributed by atoms with Gasteiger partial charge in [-0.25, -0.2) is 0 Å². The molecule has 0 spiro atoms. The summed E-state index contributed by atoms with van der Waals surface area (Å²) in [4.78, 5) is 4.39. The molecule has 13 heavy (non-hydrogen) atoms. The molecule has 1 heterocycles. The van der Waals surface area contributed by atoms with Gasteiger partial charge in [-0.15, -0.1) is 12.4 Å². The van der Waals surface area contributed by atoms with Gasteiger partial charge in [0.25, 0.3) is 0 Å². The molecule has 70 valence electrons. The third-order valence-electron chi connectivity index (χ3n) is 2.07. The van der Waals surface area contributed by atoms with Crippen LogP contribution in [0.3, 0.4) is 0 Å². The number of nitrogens with zero attached hydrogens (tertiary/aromatic N) is 1. The molecule has 0 bridgehead atoms. The van der Waals surface area contributed by atoms with Crippen LogP contribution in [0.2, 0.25) is 0 Å². The third-order valence-corrected chi connectivity index (χ3v) is 2.07. The van der Waals surface area contributed by atoms with Gasteiger partial charge in [-0.1, -0.05) is 25.1 Å². The maximum Gasteiger partial charge on any atom is 0.101 e. The lowest BCUT2D eigenvalue weighted by Gasteiger charge is -2.16. The second-order valence-corrected chi connectivity index (χ2v) is 2.90. The molecular formula is C10H13ClN2. The summed E-state index contributed by atoms with van der Waals surface area (Å²) in [6.07, 6.45) is 0.980. The molecule has 0 aromatic heterocycles. The van der Waals surface area contributed by atoms with E-state index in [0.717, 1.165) is 18.8 Å². The Morgan fingerprint density at radius 1 is 1.38 bits per heavy atom. The fourth-order valence-corrected chi connectivity index (χ4v) is 1.36. The Kier molecular flexibility index (Phi) is 3.32. The zero-order valence-electron chi connectivity index (χ0n) is 7.58. The number of fused-ring (bicyclic) bond motifs is 1. The van der Waals surface area contributed by atoms with Crippen molar-refractivity contribution >= 4 is 23.9 Å². The molecule has 1 aliphatic rings. The SMILES string of the molecule is CCC1=NCc2ccccc2N1.Cl. The Hall–Kier alpha value is -1.02. The Balaban J connectivity index is 0.000000845. The van der Waals surface area contributed by atoms with E-state index in [9.17, 15) is 0 Å². The van der Waals surface area contributed by atoms with Crippen molar-refractivity contribution in [2.24, 2.45) is 4.99 Å². The van der Waals surface area contributed by atoms with Gasteiger partial charge in [0.05, 0.1) is 6.54 Å². The molecule has 1 aromatic rings. The Bertz CT molecular complexity index is 320. The molecule has 0 amide bonds. The summed E-state index contributed by atoms with van der Waals surface area (Å²) < 4.78 is 0. The van der Waals surface area contributed by atoms with Gasteiger partial charge in [0.1, 0.15) is 5.84 Å². The van der Waals surface area contributed by atoms with Crippen molar-refractivity contribution in [3.63, 3.8) is 0 Å². The first-order chi connectivity index (χ1) is 5.90. The summed E-state index contributed by atoms with van der Waals surface area (Å²) in [5.41, 5.74) is 2.50. The summed E-state index contributed by atoms with van der Waals surface area (Å²) in [5.74, 6) is 1.09. The van der Waals surface area contributed by atoms with Crippen LogP contribution in [0.4, 0.5) is 5.69 Å². The average Bonchev–Trinajstić information content (AvgIpc) is 2.17. The lowest BCUT2D eigenvalue weighted by Crippen LogP contribution is -2.16. The average molecular weight is 197 g/mol. The molecule has 0 atom stereocenters. The summed E-state index contributed by atoms with van der Waals surface area (Å²) >= 11 is 0. The second-order valence-electron chi connectivity index (χ2n) is 2.90. The molecule has 1 aliphatic heterocycles. The van der Waals surface area contributed by atoms with E-state index in [1.165, 1.54) is 11.3 Å². The van der Waals surface area contributed by atoms with Gasteiger partial charge >= 0.3 is 0 Å². The van der Waals surface area contributed by atoms with Crippen LogP contribution in [0, 0.1) is 0 Å². The standard InChI is InChI=1S/C10H12N2.ClH/c1-2-10-11-7-8-5-3-4-6-9(8)12-10;/h3-6H,2,7H2,1H3,(H,11,12);1H. The number of aliphatic imine (C=N–C) groups is 1. The Morgan fingerprint density at radius 3 is 2.92 bits per heavy atom. The third kappa shape index (κ3) is 2.01. The van der Waals surface area contributed by atoms with Crippen LogP contribution in [-0.4, -0.2) is 5.84 Å². The van der Waals surface area contributed by atoms with Crippen molar-refractivity contribution in [1.29, 1.82) is 0 Å². The fourth-order valence-electron chi connectivity index (χ4n) is 1.36. The molecule has 0 fully saturated rings. The number of rotatable bonds is 1.